The van der Waals surface area contributed by atoms with Crippen molar-refractivity contribution >= 4 is 11.7 Å². The van der Waals surface area contributed by atoms with Crippen LogP contribution in [0, 0.1) is 11.2 Å². The van der Waals surface area contributed by atoms with E-state index in [0.717, 1.165) is 0 Å². The van der Waals surface area contributed by atoms with Crippen LogP contribution >= 0.6 is 0 Å². The van der Waals surface area contributed by atoms with Gasteiger partial charge in [0.05, 0.1) is 11.6 Å². The third-order valence-corrected chi connectivity index (χ3v) is 5.43. The second-order valence-corrected chi connectivity index (χ2v) is 7.03. The van der Waals surface area contributed by atoms with Gasteiger partial charge in [-0.2, -0.15) is 0 Å². The third-order valence-electron chi connectivity index (χ3n) is 5.43. The first kappa shape index (κ1) is 17.7. The fourth-order valence-corrected chi connectivity index (χ4v) is 3.94. The average molecular weight is 377 g/mol. The highest BCUT2D eigenvalue weighted by Crippen LogP contribution is 2.50. The standard InChI is InChI=1S/C18H18F3N5O/c19-13-2-1-5-24-15(13)25-8-3-17(11-25)12-26(9-4-18(17,20)21)16(27)14-10-22-6-7-23-14/h1-2,5-7,10H,3-4,8-9,11-12H2/t17-/m0/s1. The topological polar surface area (TPSA) is 62.2 Å². The van der Waals surface area contributed by atoms with Gasteiger partial charge in [0, 0.05) is 51.2 Å². The minimum absolute atomic E-state index is 0.0535. The zero-order valence-corrected chi connectivity index (χ0v) is 14.5. The van der Waals surface area contributed by atoms with Crippen LogP contribution in [0.15, 0.2) is 36.9 Å². The molecule has 0 aliphatic carbocycles. The van der Waals surface area contributed by atoms with Crippen LogP contribution in [0.2, 0.25) is 0 Å². The molecule has 4 rings (SSSR count). The molecule has 0 aromatic carbocycles. The minimum atomic E-state index is -2.95. The van der Waals surface area contributed by atoms with Gasteiger partial charge in [-0.3, -0.25) is 9.78 Å². The SMILES string of the molecule is O=C(c1cnccn1)N1CCC(F)(F)[C@]2(CCN(c3ncccc3F)C2)C1. The van der Waals surface area contributed by atoms with Gasteiger partial charge < -0.3 is 9.80 Å². The van der Waals surface area contributed by atoms with Gasteiger partial charge in [-0.15, -0.1) is 0 Å². The van der Waals surface area contributed by atoms with Crippen molar-refractivity contribution in [2.24, 2.45) is 5.41 Å². The lowest BCUT2D eigenvalue weighted by atomic mass is 9.75. The van der Waals surface area contributed by atoms with Crippen LogP contribution in [0.1, 0.15) is 23.3 Å². The molecule has 1 spiro atoms. The molecule has 1 amide bonds. The molecule has 2 saturated heterocycles. The van der Waals surface area contributed by atoms with E-state index in [4.69, 9.17) is 0 Å². The Hall–Kier alpha value is -2.71. The van der Waals surface area contributed by atoms with Crippen molar-refractivity contribution in [1.29, 1.82) is 0 Å². The molecule has 0 N–H and O–H groups in total. The van der Waals surface area contributed by atoms with Gasteiger partial charge in [0.15, 0.2) is 11.6 Å². The van der Waals surface area contributed by atoms with Crippen LogP contribution in [-0.4, -0.2) is 57.9 Å². The van der Waals surface area contributed by atoms with E-state index < -0.39 is 29.5 Å². The van der Waals surface area contributed by atoms with Crippen LogP contribution in [0.3, 0.4) is 0 Å². The molecular formula is C18H18F3N5O. The van der Waals surface area contributed by atoms with E-state index in [2.05, 4.69) is 15.0 Å². The normalized spacial score (nSPS) is 24.4. The maximum atomic E-state index is 14.9. The van der Waals surface area contributed by atoms with E-state index >= 15 is 0 Å². The molecule has 2 aliphatic heterocycles. The highest BCUT2D eigenvalue weighted by atomic mass is 19.3. The predicted molar refractivity (Wildman–Crippen MR) is 91.0 cm³/mol. The fourth-order valence-electron chi connectivity index (χ4n) is 3.94. The lowest BCUT2D eigenvalue weighted by Gasteiger charge is -2.45. The summed E-state index contributed by atoms with van der Waals surface area (Å²) in [5.41, 5.74) is -1.31. The van der Waals surface area contributed by atoms with E-state index in [1.807, 2.05) is 0 Å². The van der Waals surface area contributed by atoms with Crippen molar-refractivity contribution in [3.63, 3.8) is 0 Å². The Morgan fingerprint density at radius 3 is 2.67 bits per heavy atom. The Bertz CT molecular complexity index is 850. The summed E-state index contributed by atoms with van der Waals surface area (Å²) in [6, 6.07) is 2.72. The lowest BCUT2D eigenvalue weighted by Crippen LogP contribution is -2.58. The zero-order chi connectivity index (χ0) is 19.1. The van der Waals surface area contributed by atoms with Gasteiger partial charge in [-0.25, -0.2) is 23.1 Å². The number of pyridine rings is 1. The summed E-state index contributed by atoms with van der Waals surface area (Å²) < 4.78 is 43.8. The second-order valence-electron chi connectivity index (χ2n) is 7.03. The van der Waals surface area contributed by atoms with Crippen molar-refractivity contribution < 1.29 is 18.0 Å². The molecule has 1 atom stereocenters. The number of halogens is 3. The van der Waals surface area contributed by atoms with Gasteiger partial charge in [0.1, 0.15) is 5.69 Å². The van der Waals surface area contributed by atoms with E-state index in [1.54, 1.807) is 4.90 Å². The Morgan fingerprint density at radius 1 is 1.07 bits per heavy atom. The molecule has 6 nitrogen and oxygen atoms in total. The Kier molecular flexibility index (Phi) is 4.24. The van der Waals surface area contributed by atoms with Gasteiger partial charge >= 0.3 is 0 Å². The molecule has 142 valence electrons. The maximum absolute atomic E-state index is 14.9. The molecule has 4 heterocycles. The molecule has 2 aromatic rings. The highest BCUT2D eigenvalue weighted by molar-refractivity contribution is 5.92. The number of anilines is 1. The van der Waals surface area contributed by atoms with Crippen LogP contribution in [0.25, 0.3) is 0 Å². The lowest BCUT2D eigenvalue weighted by molar-refractivity contribution is -0.150. The van der Waals surface area contributed by atoms with E-state index in [-0.39, 0.29) is 44.1 Å². The van der Waals surface area contributed by atoms with Gasteiger partial charge in [-0.1, -0.05) is 0 Å². The number of aromatic nitrogens is 3. The average Bonchev–Trinajstić information content (AvgIpc) is 3.10. The number of nitrogens with zero attached hydrogens (tertiary/aromatic N) is 5. The van der Waals surface area contributed by atoms with Crippen molar-refractivity contribution in [2.75, 3.05) is 31.1 Å². The molecule has 2 aromatic heterocycles. The maximum Gasteiger partial charge on any atom is 0.274 e. The zero-order valence-electron chi connectivity index (χ0n) is 14.5. The first-order valence-corrected chi connectivity index (χ1v) is 8.70. The molecule has 27 heavy (non-hydrogen) atoms. The number of rotatable bonds is 2. The second kappa shape index (κ2) is 6.47. The summed E-state index contributed by atoms with van der Waals surface area (Å²) in [5, 5.41) is 0. The first-order chi connectivity index (χ1) is 12.9. The number of likely N-dealkylation sites (tertiary alicyclic amines) is 1. The molecule has 2 fully saturated rings. The van der Waals surface area contributed by atoms with Crippen molar-refractivity contribution in [3.8, 4) is 0 Å². The number of amides is 1. The molecule has 0 bridgehead atoms. The van der Waals surface area contributed by atoms with Gasteiger partial charge in [0.25, 0.3) is 11.8 Å². The summed E-state index contributed by atoms with van der Waals surface area (Å²) in [6.07, 6.45) is 5.32. The van der Waals surface area contributed by atoms with Crippen LogP contribution in [0.4, 0.5) is 19.0 Å². The molecule has 0 saturated carbocycles. The monoisotopic (exact) mass is 377 g/mol. The number of carbonyl (C=O) groups excluding carboxylic acids is 1. The molecule has 0 unspecified atom stereocenters. The molecule has 9 heteroatoms. The highest BCUT2D eigenvalue weighted by Gasteiger charge is 2.60. The predicted octanol–water partition coefficient (Wildman–Crippen LogP) is 2.39. The summed E-state index contributed by atoms with van der Waals surface area (Å²) in [4.78, 5) is 27.4. The van der Waals surface area contributed by atoms with Crippen LogP contribution in [0.5, 0.6) is 0 Å². The summed E-state index contributed by atoms with van der Waals surface area (Å²) in [6.45, 7) is 0.0390. The fraction of sp³-hybridized carbons (Fsp3) is 0.444. The number of alkyl halides is 2. The third kappa shape index (κ3) is 3.00. The van der Waals surface area contributed by atoms with E-state index in [9.17, 15) is 18.0 Å². The quantitative estimate of drug-likeness (QED) is 0.804. The summed E-state index contributed by atoms with van der Waals surface area (Å²) in [5.74, 6) is -3.84. The number of hydrogen-bond donors (Lipinski definition) is 0. The molecular weight excluding hydrogens is 359 g/mol. The Balaban J connectivity index is 1.59. The largest absolute Gasteiger partial charge is 0.353 e. The van der Waals surface area contributed by atoms with E-state index in [0.29, 0.717) is 0 Å². The van der Waals surface area contributed by atoms with Gasteiger partial charge in [-0.05, 0) is 18.6 Å². The van der Waals surface area contributed by atoms with E-state index in [1.165, 1.54) is 41.8 Å². The van der Waals surface area contributed by atoms with Crippen LogP contribution < -0.4 is 4.90 Å². The van der Waals surface area contributed by atoms with Crippen molar-refractivity contribution in [2.45, 2.75) is 18.8 Å². The smallest absolute Gasteiger partial charge is 0.274 e. The van der Waals surface area contributed by atoms with Crippen LogP contribution in [-0.2, 0) is 0 Å². The van der Waals surface area contributed by atoms with Crippen molar-refractivity contribution in [1.82, 2.24) is 19.9 Å². The number of piperidine rings is 1. The molecule has 0 radical (unpaired) electrons. The van der Waals surface area contributed by atoms with Gasteiger partial charge in [0.2, 0.25) is 0 Å². The number of hydrogen-bond acceptors (Lipinski definition) is 5. The number of carbonyl (C=O) groups is 1. The minimum Gasteiger partial charge on any atom is -0.353 e. The Morgan fingerprint density at radius 2 is 1.93 bits per heavy atom. The molecule has 2 aliphatic rings. The summed E-state index contributed by atoms with van der Waals surface area (Å²) in [7, 11) is 0. The Labute approximate surface area is 154 Å². The summed E-state index contributed by atoms with van der Waals surface area (Å²) >= 11 is 0. The first-order valence-electron chi connectivity index (χ1n) is 8.70. The van der Waals surface area contributed by atoms with Crippen molar-refractivity contribution in [3.05, 3.63) is 48.4 Å².